The minimum atomic E-state index is -0.389. The zero-order chi connectivity index (χ0) is 20.9. The number of nitrogens with zero attached hydrogens (tertiary/aromatic N) is 3. The number of anilines is 5. The summed E-state index contributed by atoms with van der Waals surface area (Å²) in [6.45, 7) is 0. The highest BCUT2D eigenvalue weighted by atomic mass is 16.6. The first-order valence-electron chi connectivity index (χ1n) is 9.62. The van der Waals surface area contributed by atoms with E-state index < -0.39 is 0 Å². The van der Waals surface area contributed by atoms with Crippen LogP contribution in [0.3, 0.4) is 0 Å². The molecule has 0 aliphatic rings. The third-order valence-corrected chi connectivity index (χ3v) is 4.97. The van der Waals surface area contributed by atoms with Crippen molar-refractivity contribution in [2.24, 2.45) is 0 Å². The van der Waals surface area contributed by atoms with Gasteiger partial charge in [0.25, 0.3) is 5.69 Å². The van der Waals surface area contributed by atoms with Gasteiger partial charge < -0.3 is 9.80 Å². The molecule has 0 spiro atoms. The zero-order valence-corrected chi connectivity index (χ0v) is 16.6. The van der Waals surface area contributed by atoms with Gasteiger partial charge in [0.05, 0.1) is 4.92 Å². The molecule has 0 aromatic heterocycles. The van der Waals surface area contributed by atoms with Gasteiger partial charge in [0.2, 0.25) is 0 Å². The molecule has 5 nitrogen and oxygen atoms in total. The summed E-state index contributed by atoms with van der Waals surface area (Å²) in [5.74, 6) is 0. The molecule has 4 aromatic carbocycles. The Bertz CT molecular complexity index is 1070. The minimum Gasteiger partial charge on any atom is -0.345 e. The van der Waals surface area contributed by atoms with Gasteiger partial charge in [-0.05, 0) is 60.7 Å². The van der Waals surface area contributed by atoms with Crippen LogP contribution in [0.2, 0.25) is 0 Å². The zero-order valence-electron chi connectivity index (χ0n) is 16.6. The van der Waals surface area contributed by atoms with Gasteiger partial charge >= 0.3 is 0 Å². The Morgan fingerprint density at radius 3 is 1.37 bits per heavy atom. The first kappa shape index (κ1) is 19.2. The average molecular weight is 395 g/mol. The molecule has 0 N–H and O–H groups in total. The third-order valence-electron chi connectivity index (χ3n) is 4.97. The van der Waals surface area contributed by atoms with Crippen molar-refractivity contribution in [1.29, 1.82) is 0 Å². The normalized spacial score (nSPS) is 10.4. The highest BCUT2D eigenvalue weighted by Crippen LogP contribution is 2.35. The Labute approximate surface area is 175 Å². The molecule has 0 heterocycles. The lowest BCUT2D eigenvalue weighted by Gasteiger charge is -2.26. The SMILES string of the molecule is CN(c1ccc(N(c2ccccc2)c2ccccc2)cc1)c1ccc([N+](=O)[O-])cc1. The molecular weight excluding hydrogens is 374 g/mol. The molecule has 0 saturated carbocycles. The fourth-order valence-electron chi connectivity index (χ4n) is 3.37. The number of nitro groups is 1. The Kier molecular flexibility index (Phi) is 5.44. The number of benzene rings is 4. The fraction of sp³-hybridized carbons (Fsp3) is 0.0400. The first-order chi connectivity index (χ1) is 14.6. The topological polar surface area (TPSA) is 49.6 Å². The van der Waals surface area contributed by atoms with Crippen LogP contribution in [-0.2, 0) is 0 Å². The second kappa shape index (κ2) is 8.49. The summed E-state index contributed by atoms with van der Waals surface area (Å²) in [4.78, 5) is 14.7. The van der Waals surface area contributed by atoms with Gasteiger partial charge in [-0.3, -0.25) is 10.1 Å². The van der Waals surface area contributed by atoms with E-state index in [-0.39, 0.29) is 10.6 Å². The molecule has 0 fully saturated rings. The molecule has 0 bridgehead atoms. The maximum atomic E-state index is 10.9. The number of rotatable bonds is 6. The molecule has 0 radical (unpaired) electrons. The van der Waals surface area contributed by atoms with Crippen LogP contribution in [0.5, 0.6) is 0 Å². The predicted molar refractivity (Wildman–Crippen MR) is 122 cm³/mol. The van der Waals surface area contributed by atoms with Crippen molar-refractivity contribution in [1.82, 2.24) is 0 Å². The van der Waals surface area contributed by atoms with Crippen LogP contribution < -0.4 is 9.80 Å². The van der Waals surface area contributed by atoms with E-state index in [4.69, 9.17) is 0 Å². The maximum Gasteiger partial charge on any atom is 0.269 e. The Balaban J connectivity index is 1.64. The van der Waals surface area contributed by atoms with Crippen molar-refractivity contribution in [3.63, 3.8) is 0 Å². The molecule has 0 saturated heterocycles. The standard InChI is InChI=1S/C25H21N3O2/c1-26(21-14-18-25(19-15-21)28(29)30)20-12-16-24(17-13-20)27(22-8-4-2-5-9-22)23-10-6-3-7-11-23/h2-19H,1H3. The van der Waals surface area contributed by atoms with Crippen molar-refractivity contribution in [2.45, 2.75) is 0 Å². The van der Waals surface area contributed by atoms with Gasteiger partial charge in [-0.1, -0.05) is 36.4 Å². The molecule has 30 heavy (non-hydrogen) atoms. The van der Waals surface area contributed by atoms with Gasteiger partial charge in [-0.2, -0.15) is 0 Å². The summed E-state index contributed by atoms with van der Waals surface area (Å²) in [5.41, 5.74) is 5.18. The van der Waals surface area contributed by atoms with E-state index in [1.165, 1.54) is 12.1 Å². The van der Waals surface area contributed by atoms with Crippen molar-refractivity contribution in [3.8, 4) is 0 Å². The Morgan fingerprint density at radius 1 is 0.567 bits per heavy atom. The number of para-hydroxylation sites is 2. The van der Waals surface area contributed by atoms with Crippen molar-refractivity contribution in [2.75, 3.05) is 16.8 Å². The van der Waals surface area contributed by atoms with Crippen LogP contribution in [-0.4, -0.2) is 12.0 Å². The van der Waals surface area contributed by atoms with E-state index in [1.807, 2.05) is 48.3 Å². The van der Waals surface area contributed by atoms with Gasteiger partial charge in [-0.25, -0.2) is 0 Å². The molecule has 4 aromatic rings. The Morgan fingerprint density at radius 2 is 0.933 bits per heavy atom. The quantitative estimate of drug-likeness (QED) is 0.265. The van der Waals surface area contributed by atoms with E-state index in [2.05, 4.69) is 53.4 Å². The number of non-ortho nitro benzene ring substituents is 1. The molecule has 148 valence electrons. The molecule has 0 aliphatic carbocycles. The second-order valence-corrected chi connectivity index (χ2v) is 6.86. The molecule has 0 aliphatic heterocycles. The lowest BCUT2D eigenvalue weighted by atomic mass is 10.1. The van der Waals surface area contributed by atoms with Crippen LogP contribution in [0.25, 0.3) is 0 Å². The number of nitro benzene ring substituents is 1. The number of hydrogen-bond acceptors (Lipinski definition) is 4. The van der Waals surface area contributed by atoms with Gasteiger partial charge in [0.15, 0.2) is 0 Å². The summed E-state index contributed by atoms with van der Waals surface area (Å²) < 4.78 is 0. The van der Waals surface area contributed by atoms with Crippen LogP contribution in [0.4, 0.5) is 34.1 Å². The van der Waals surface area contributed by atoms with Crippen LogP contribution in [0.15, 0.2) is 109 Å². The molecule has 4 rings (SSSR count). The van der Waals surface area contributed by atoms with E-state index in [1.54, 1.807) is 12.1 Å². The van der Waals surface area contributed by atoms with Crippen molar-refractivity contribution < 1.29 is 4.92 Å². The largest absolute Gasteiger partial charge is 0.345 e. The van der Waals surface area contributed by atoms with Crippen molar-refractivity contribution >= 4 is 34.1 Å². The van der Waals surface area contributed by atoms with Gasteiger partial charge in [-0.15, -0.1) is 0 Å². The molecule has 0 atom stereocenters. The smallest absolute Gasteiger partial charge is 0.269 e. The monoisotopic (exact) mass is 395 g/mol. The Hall–Kier alpha value is -4.12. The van der Waals surface area contributed by atoms with E-state index in [9.17, 15) is 10.1 Å². The lowest BCUT2D eigenvalue weighted by molar-refractivity contribution is -0.384. The predicted octanol–water partition coefficient (Wildman–Crippen LogP) is 6.83. The van der Waals surface area contributed by atoms with Crippen LogP contribution in [0, 0.1) is 10.1 Å². The molecule has 5 heteroatoms. The third kappa shape index (κ3) is 4.00. The maximum absolute atomic E-state index is 10.9. The summed E-state index contributed by atoms with van der Waals surface area (Å²) in [7, 11) is 1.95. The molecular formula is C25H21N3O2. The van der Waals surface area contributed by atoms with E-state index >= 15 is 0 Å². The minimum absolute atomic E-state index is 0.0869. The number of hydrogen-bond donors (Lipinski definition) is 0. The molecule has 0 unspecified atom stereocenters. The second-order valence-electron chi connectivity index (χ2n) is 6.86. The summed E-state index contributed by atoms with van der Waals surface area (Å²) in [5, 5.41) is 10.9. The average Bonchev–Trinajstić information content (AvgIpc) is 2.81. The van der Waals surface area contributed by atoms with E-state index in [0.29, 0.717) is 0 Å². The lowest BCUT2D eigenvalue weighted by Crippen LogP contribution is -2.11. The summed E-state index contributed by atoms with van der Waals surface area (Å²) in [6.07, 6.45) is 0. The summed E-state index contributed by atoms with van der Waals surface area (Å²) >= 11 is 0. The van der Waals surface area contributed by atoms with Gasteiger partial charge in [0, 0.05) is 47.6 Å². The summed E-state index contributed by atoms with van der Waals surface area (Å²) in [6, 6.07) is 35.3. The van der Waals surface area contributed by atoms with E-state index in [0.717, 1.165) is 28.4 Å². The fourth-order valence-corrected chi connectivity index (χ4v) is 3.37. The highest BCUT2D eigenvalue weighted by molar-refractivity contribution is 5.77. The molecule has 0 amide bonds. The van der Waals surface area contributed by atoms with Crippen LogP contribution >= 0.6 is 0 Å². The van der Waals surface area contributed by atoms with Crippen molar-refractivity contribution in [3.05, 3.63) is 119 Å². The van der Waals surface area contributed by atoms with Crippen LogP contribution in [0.1, 0.15) is 0 Å². The van der Waals surface area contributed by atoms with Gasteiger partial charge in [0.1, 0.15) is 0 Å². The highest BCUT2D eigenvalue weighted by Gasteiger charge is 2.13. The first-order valence-corrected chi connectivity index (χ1v) is 9.62.